The maximum absolute atomic E-state index is 12.1. The molecule has 1 aromatic carbocycles. The maximum Gasteiger partial charge on any atom is 0.385 e. The van der Waals surface area contributed by atoms with Crippen molar-refractivity contribution in [3.8, 4) is 0 Å². The SMILES string of the molecule is C=CCn1cc(C(=O)ON2C(=O)c3ccccc3C2=O)nn1. The van der Waals surface area contributed by atoms with Crippen molar-refractivity contribution < 1.29 is 19.2 Å². The molecule has 0 fully saturated rings. The van der Waals surface area contributed by atoms with Crippen molar-refractivity contribution in [2.45, 2.75) is 6.54 Å². The summed E-state index contributed by atoms with van der Waals surface area (Å²) in [6.07, 6.45) is 2.91. The molecule has 1 aliphatic rings. The molecule has 2 heterocycles. The van der Waals surface area contributed by atoms with Crippen molar-refractivity contribution >= 4 is 17.8 Å². The summed E-state index contributed by atoms with van der Waals surface area (Å²) in [5, 5.41) is 7.73. The number of fused-ring (bicyclic) bond motifs is 1. The van der Waals surface area contributed by atoms with Gasteiger partial charge in [-0.1, -0.05) is 28.5 Å². The van der Waals surface area contributed by atoms with Crippen molar-refractivity contribution in [2.75, 3.05) is 0 Å². The second kappa shape index (κ2) is 5.24. The molecular weight excluding hydrogens is 288 g/mol. The van der Waals surface area contributed by atoms with Crippen LogP contribution in [0.1, 0.15) is 31.2 Å². The Labute approximate surface area is 124 Å². The lowest BCUT2D eigenvalue weighted by Gasteiger charge is -2.11. The standard InChI is InChI=1S/C14H10N4O4/c1-2-7-17-8-11(15-16-17)14(21)22-18-12(19)9-5-3-4-6-10(9)13(18)20/h2-6,8H,1,7H2. The number of rotatable bonds is 4. The second-order valence-electron chi connectivity index (χ2n) is 4.44. The topological polar surface area (TPSA) is 94.4 Å². The van der Waals surface area contributed by atoms with Gasteiger partial charge in [0.1, 0.15) is 0 Å². The Balaban J connectivity index is 1.79. The summed E-state index contributed by atoms with van der Waals surface area (Å²) in [6.45, 7) is 3.90. The van der Waals surface area contributed by atoms with E-state index in [1.165, 1.54) is 23.0 Å². The van der Waals surface area contributed by atoms with E-state index in [0.29, 0.717) is 11.6 Å². The van der Waals surface area contributed by atoms with E-state index in [0.717, 1.165) is 0 Å². The molecule has 0 unspecified atom stereocenters. The number of aromatic nitrogens is 3. The van der Waals surface area contributed by atoms with Gasteiger partial charge in [-0.25, -0.2) is 9.48 Å². The highest BCUT2D eigenvalue weighted by atomic mass is 16.7. The summed E-state index contributed by atoms with van der Waals surface area (Å²) in [4.78, 5) is 40.9. The zero-order valence-electron chi connectivity index (χ0n) is 11.3. The van der Waals surface area contributed by atoms with Gasteiger partial charge in [-0.15, -0.1) is 11.7 Å². The maximum atomic E-state index is 12.1. The van der Waals surface area contributed by atoms with Crippen LogP contribution in [-0.2, 0) is 11.4 Å². The number of hydrogen-bond acceptors (Lipinski definition) is 6. The molecule has 22 heavy (non-hydrogen) atoms. The molecular formula is C14H10N4O4. The number of carbonyl (C=O) groups is 3. The number of imide groups is 1. The van der Waals surface area contributed by atoms with Gasteiger partial charge in [0.05, 0.1) is 23.9 Å². The molecule has 0 aliphatic carbocycles. The minimum Gasteiger partial charge on any atom is -0.322 e. The predicted octanol–water partition coefficient (Wildman–Crippen LogP) is 0.832. The monoisotopic (exact) mass is 298 g/mol. The third-order valence-corrected chi connectivity index (χ3v) is 2.99. The van der Waals surface area contributed by atoms with Crippen LogP contribution in [0.15, 0.2) is 43.1 Å². The van der Waals surface area contributed by atoms with Crippen molar-refractivity contribution in [1.29, 1.82) is 0 Å². The Morgan fingerprint density at radius 3 is 2.45 bits per heavy atom. The fourth-order valence-electron chi connectivity index (χ4n) is 1.99. The van der Waals surface area contributed by atoms with Crippen LogP contribution < -0.4 is 0 Å². The molecule has 110 valence electrons. The van der Waals surface area contributed by atoms with Crippen LogP contribution >= 0.6 is 0 Å². The normalized spacial score (nSPS) is 13.2. The lowest BCUT2D eigenvalue weighted by molar-refractivity contribution is -0.0588. The first-order chi connectivity index (χ1) is 10.6. The van der Waals surface area contributed by atoms with Gasteiger partial charge in [-0.05, 0) is 12.1 Å². The molecule has 0 saturated carbocycles. The minimum absolute atomic E-state index is 0.113. The summed E-state index contributed by atoms with van der Waals surface area (Å²) >= 11 is 0. The number of allylic oxidation sites excluding steroid dienone is 1. The van der Waals surface area contributed by atoms with E-state index >= 15 is 0 Å². The van der Waals surface area contributed by atoms with E-state index in [-0.39, 0.29) is 16.8 Å². The lowest BCUT2D eigenvalue weighted by Crippen LogP contribution is -2.32. The smallest absolute Gasteiger partial charge is 0.322 e. The zero-order chi connectivity index (χ0) is 15.7. The van der Waals surface area contributed by atoms with E-state index in [1.54, 1.807) is 18.2 Å². The fraction of sp³-hybridized carbons (Fsp3) is 0.0714. The van der Waals surface area contributed by atoms with Gasteiger partial charge < -0.3 is 4.84 Å². The molecule has 0 radical (unpaired) electrons. The number of hydroxylamine groups is 2. The molecule has 2 amide bonds. The van der Waals surface area contributed by atoms with Crippen LogP contribution in [0, 0.1) is 0 Å². The number of hydrogen-bond donors (Lipinski definition) is 0. The average Bonchev–Trinajstić information content (AvgIpc) is 3.08. The number of carbonyl (C=O) groups excluding carboxylic acids is 3. The Morgan fingerprint density at radius 1 is 1.23 bits per heavy atom. The molecule has 0 bridgehead atoms. The molecule has 1 aliphatic heterocycles. The van der Waals surface area contributed by atoms with Crippen LogP contribution in [0.2, 0.25) is 0 Å². The van der Waals surface area contributed by atoms with Gasteiger partial charge in [-0.3, -0.25) is 9.59 Å². The van der Waals surface area contributed by atoms with Crippen molar-refractivity contribution in [3.05, 3.63) is 59.9 Å². The first-order valence-electron chi connectivity index (χ1n) is 6.33. The largest absolute Gasteiger partial charge is 0.385 e. The van der Waals surface area contributed by atoms with Crippen LogP contribution in [-0.4, -0.2) is 37.8 Å². The minimum atomic E-state index is -0.940. The zero-order valence-corrected chi connectivity index (χ0v) is 11.3. The second-order valence-corrected chi connectivity index (χ2v) is 4.44. The quantitative estimate of drug-likeness (QED) is 0.613. The lowest BCUT2D eigenvalue weighted by atomic mass is 10.1. The van der Waals surface area contributed by atoms with Crippen molar-refractivity contribution in [3.63, 3.8) is 0 Å². The summed E-state index contributed by atoms with van der Waals surface area (Å²) in [5.41, 5.74) is 0.268. The number of nitrogens with zero attached hydrogens (tertiary/aromatic N) is 4. The van der Waals surface area contributed by atoms with Gasteiger partial charge in [-0.2, -0.15) is 0 Å². The van der Waals surface area contributed by atoms with Crippen LogP contribution in [0.3, 0.4) is 0 Å². The van der Waals surface area contributed by atoms with E-state index in [9.17, 15) is 14.4 Å². The highest BCUT2D eigenvalue weighted by molar-refractivity contribution is 6.21. The highest BCUT2D eigenvalue weighted by Crippen LogP contribution is 2.23. The molecule has 8 nitrogen and oxygen atoms in total. The summed E-state index contributed by atoms with van der Waals surface area (Å²) in [5.74, 6) is -2.32. The van der Waals surface area contributed by atoms with Gasteiger partial charge in [0, 0.05) is 0 Å². The van der Waals surface area contributed by atoms with E-state index in [2.05, 4.69) is 16.9 Å². The molecule has 0 N–H and O–H groups in total. The summed E-state index contributed by atoms with van der Waals surface area (Å²) < 4.78 is 1.37. The molecule has 3 rings (SSSR count). The van der Waals surface area contributed by atoms with Crippen LogP contribution in [0.4, 0.5) is 0 Å². The van der Waals surface area contributed by atoms with Crippen LogP contribution in [0.5, 0.6) is 0 Å². The molecule has 2 aromatic rings. The summed E-state index contributed by atoms with van der Waals surface area (Å²) in [6, 6.07) is 6.22. The Kier molecular flexibility index (Phi) is 3.26. The average molecular weight is 298 g/mol. The van der Waals surface area contributed by atoms with Crippen molar-refractivity contribution in [2.24, 2.45) is 0 Å². The van der Waals surface area contributed by atoms with Crippen molar-refractivity contribution in [1.82, 2.24) is 20.1 Å². The molecule has 8 heteroatoms. The molecule has 0 atom stereocenters. The Hall–Kier alpha value is -3.29. The molecule has 0 spiro atoms. The van der Waals surface area contributed by atoms with E-state index in [4.69, 9.17) is 4.84 Å². The molecule has 1 aromatic heterocycles. The fourth-order valence-corrected chi connectivity index (χ4v) is 1.99. The first kappa shape index (κ1) is 13.7. The van der Waals surface area contributed by atoms with E-state index in [1.807, 2.05) is 0 Å². The van der Waals surface area contributed by atoms with Crippen LogP contribution in [0.25, 0.3) is 0 Å². The highest BCUT2D eigenvalue weighted by Gasteiger charge is 2.39. The Morgan fingerprint density at radius 2 is 1.86 bits per heavy atom. The van der Waals surface area contributed by atoms with Gasteiger partial charge in [0.2, 0.25) is 0 Å². The van der Waals surface area contributed by atoms with Gasteiger partial charge in [0.25, 0.3) is 11.8 Å². The predicted molar refractivity (Wildman–Crippen MR) is 72.6 cm³/mol. The number of benzene rings is 1. The summed E-state index contributed by atoms with van der Waals surface area (Å²) in [7, 11) is 0. The number of amides is 2. The van der Waals surface area contributed by atoms with E-state index < -0.39 is 17.8 Å². The van der Waals surface area contributed by atoms with Gasteiger partial charge in [0.15, 0.2) is 5.69 Å². The third kappa shape index (κ3) is 2.16. The Bertz CT molecular complexity index is 761. The third-order valence-electron chi connectivity index (χ3n) is 2.99. The molecule has 0 saturated heterocycles. The first-order valence-corrected chi connectivity index (χ1v) is 6.33. The van der Waals surface area contributed by atoms with Gasteiger partial charge >= 0.3 is 5.97 Å².